The summed E-state index contributed by atoms with van der Waals surface area (Å²) in [6.45, 7) is 0. The fraction of sp³-hybridized carbons (Fsp3) is 0.200. The van der Waals surface area contributed by atoms with Gasteiger partial charge in [-0.25, -0.2) is 0 Å². The first kappa shape index (κ1) is 7.55. The number of nitrogens with one attached hydrogen (secondary N) is 2. The van der Waals surface area contributed by atoms with Gasteiger partial charge in [-0.05, 0) is 12.0 Å². The minimum atomic E-state index is 0.0497. The predicted octanol–water partition coefficient (Wildman–Crippen LogP) is 1.25. The summed E-state index contributed by atoms with van der Waals surface area (Å²) in [6, 6.07) is 0. The molecule has 2 heterocycles. The maximum Gasteiger partial charge on any atom is 0.225 e. The van der Waals surface area contributed by atoms with Crippen LogP contribution in [0.25, 0.3) is 5.57 Å². The molecule has 2 N–H and O–H groups in total. The molecule has 1 aromatic rings. The summed E-state index contributed by atoms with van der Waals surface area (Å²) in [5, 5.41) is 9.78. The SMILES string of the molecule is O=C1CCc2c(n[nH]c2C2=CC=C2)N1. The third-order valence-electron chi connectivity index (χ3n) is 2.57. The summed E-state index contributed by atoms with van der Waals surface area (Å²) >= 11 is 0. The van der Waals surface area contributed by atoms with Gasteiger partial charge < -0.3 is 5.32 Å². The van der Waals surface area contributed by atoms with Crippen LogP contribution in [-0.4, -0.2) is 16.1 Å². The summed E-state index contributed by atoms with van der Waals surface area (Å²) in [5.74, 6) is 0.742. The van der Waals surface area contributed by atoms with Crippen LogP contribution >= 0.6 is 0 Å². The number of fused-ring (bicyclic) bond motifs is 1. The van der Waals surface area contributed by atoms with E-state index in [4.69, 9.17) is 0 Å². The molecule has 1 aromatic heterocycles. The van der Waals surface area contributed by atoms with Crippen molar-refractivity contribution in [2.75, 3.05) is 5.32 Å². The molecule has 0 spiro atoms. The number of carbonyl (C=O) groups is 1. The van der Waals surface area contributed by atoms with E-state index in [9.17, 15) is 4.79 Å². The van der Waals surface area contributed by atoms with E-state index in [1.54, 1.807) is 0 Å². The number of aromatic amines is 1. The fourth-order valence-corrected chi connectivity index (χ4v) is 1.74. The lowest BCUT2D eigenvalue weighted by molar-refractivity contribution is -0.116. The van der Waals surface area contributed by atoms with Crippen molar-refractivity contribution in [3.63, 3.8) is 0 Å². The quantitative estimate of drug-likeness (QED) is 0.695. The van der Waals surface area contributed by atoms with Gasteiger partial charge in [0.25, 0.3) is 0 Å². The molecule has 1 amide bonds. The Morgan fingerprint density at radius 1 is 1.36 bits per heavy atom. The number of carbonyl (C=O) groups excluding carboxylic acids is 1. The maximum absolute atomic E-state index is 11.1. The summed E-state index contributed by atoms with van der Waals surface area (Å²) in [6.07, 6.45) is 7.38. The number of anilines is 1. The van der Waals surface area contributed by atoms with Crippen LogP contribution in [0.5, 0.6) is 0 Å². The first-order valence-corrected chi connectivity index (χ1v) is 4.60. The molecule has 0 bridgehead atoms. The topological polar surface area (TPSA) is 57.8 Å². The average Bonchev–Trinajstić information content (AvgIpc) is 2.45. The monoisotopic (exact) mass is 187 g/mol. The summed E-state index contributed by atoms with van der Waals surface area (Å²) < 4.78 is 0. The van der Waals surface area contributed by atoms with Gasteiger partial charge >= 0.3 is 0 Å². The average molecular weight is 187 g/mol. The Hall–Kier alpha value is -1.84. The molecule has 1 aliphatic heterocycles. The van der Waals surface area contributed by atoms with Gasteiger partial charge in [0.15, 0.2) is 5.82 Å². The lowest BCUT2D eigenvalue weighted by Gasteiger charge is -2.13. The molecule has 0 saturated heterocycles. The molecule has 4 heteroatoms. The number of amides is 1. The van der Waals surface area contributed by atoms with Crippen LogP contribution < -0.4 is 5.32 Å². The molecule has 0 radical (unpaired) electrons. The highest BCUT2D eigenvalue weighted by atomic mass is 16.1. The third-order valence-corrected chi connectivity index (χ3v) is 2.57. The molecule has 0 aromatic carbocycles. The second kappa shape index (κ2) is 2.57. The van der Waals surface area contributed by atoms with Crippen LogP contribution in [0, 0.1) is 0 Å². The molecular formula is C10H9N3O. The molecular weight excluding hydrogens is 178 g/mol. The van der Waals surface area contributed by atoms with E-state index < -0.39 is 0 Å². The van der Waals surface area contributed by atoms with Crippen molar-refractivity contribution < 1.29 is 4.79 Å². The number of rotatable bonds is 1. The molecule has 0 atom stereocenters. The number of hydrogen-bond donors (Lipinski definition) is 2. The van der Waals surface area contributed by atoms with Crippen LogP contribution in [0.4, 0.5) is 5.82 Å². The highest BCUT2D eigenvalue weighted by Gasteiger charge is 2.22. The van der Waals surface area contributed by atoms with Gasteiger partial charge in [0.2, 0.25) is 5.91 Å². The first-order valence-electron chi connectivity index (χ1n) is 4.60. The number of allylic oxidation sites excluding steroid dienone is 4. The van der Waals surface area contributed by atoms with Crippen molar-refractivity contribution in [3.05, 3.63) is 29.5 Å². The molecule has 0 fully saturated rings. The summed E-state index contributed by atoms with van der Waals surface area (Å²) in [5.41, 5.74) is 3.33. The summed E-state index contributed by atoms with van der Waals surface area (Å²) in [4.78, 5) is 11.1. The molecule has 14 heavy (non-hydrogen) atoms. The van der Waals surface area contributed by atoms with Gasteiger partial charge in [-0.2, -0.15) is 5.10 Å². The highest BCUT2D eigenvalue weighted by molar-refractivity contribution is 5.94. The van der Waals surface area contributed by atoms with E-state index >= 15 is 0 Å². The van der Waals surface area contributed by atoms with E-state index in [0.717, 1.165) is 23.3 Å². The molecule has 70 valence electrons. The van der Waals surface area contributed by atoms with Gasteiger partial charge in [-0.1, -0.05) is 18.2 Å². The lowest BCUT2D eigenvalue weighted by atomic mass is 9.97. The molecule has 0 unspecified atom stereocenters. The van der Waals surface area contributed by atoms with Crippen molar-refractivity contribution in [1.82, 2.24) is 10.2 Å². The zero-order valence-corrected chi connectivity index (χ0v) is 7.50. The Labute approximate surface area is 80.7 Å². The van der Waals surface area contributed by atoms with Crippen LogP contribution in [0.15, 0.2) is 18.2 Å². The normalized spacial score (nSPS) is 18.3. The minimum Gasteiger partial charge on any atom is -0.309 e. The predicted molar refractivity (Wildman–Crippen MR) is 52.7 cm³/mol. The van der Waals surface area contributed by atoms with Crippen molar-refractivity contribution >= 4 is 17.3 Å². The Morgan fingerprint density at radius 3 is 2.93 bits per heavy atom. The first-order chi connectivity index (χ1) is 6.84. The van der Waals surface area contributed by atoms with Crippen LogP contribution in [0.3, 0.4) is 0 Å². The zero-order valence-electron chi connectivity index (χ0n) is 7.50. The van der Waals surface area contributed by atoms with Crippen molar-refractivity contribution in [3.8, 4) is 0 Å². The molecule has 3 rings (SSSR count). The standard InChI is InChI=1S/C10H9N3O/c14-8-5-4-7-9(6-2-1-3-6)12-13-10(7)11-8/h1-3H,4-5H2,(H2,11,12,13,14). The van der Waals surface area contributed by atoms with Gasteiger partial charge in [0.1, 0.15) is 0 Å². The van der Waals surface area contributed by atoms with Crippen LogP contribution in [-0.2, 0) is 11.2 Å². The second-order valence-electron chi connectivity index (χ2n) is 3.46. The van der Waals surface area contributed by atoms with E-state index in [2.05, 4.69) is 15.5 Å². The van der Waals surface area contributed by atoms with Gasteiger partial charge in [-0.15, -0.1) is 0 Å². The van der Waals surface area contributed by atoms with Crippen LogP contribution in [0.1, 0.15) is 17.7 Å². The third kappa shape index (κ3) is 0.937. The van der Waals surface area contributed by atoms with E-state index in [1.807, 2.05) is 18.2 Å². The molecule has 2 aliphatic rings. The summed E-state index contributed by atoms with van der Waals surface area (Å²) in [7, 11) is 0. The highest BCUT2D eigenvalue weighted by Crippen LogP contribution is 2.30. The molecule has 1 aliphatic carbocycles. The second-order valence-corrected chi connectivity index (χ2v) is 3.46. The van der Waals surface area contributed by atoms with E-state index in [0.29, 0.717) is 12.2 Å². The fourth-order valence-electron chi connectivity index (χ4n) is 1.74. The largest absolute Gasteiger partial charge is 0.309 e. The zero-order chi connectivity index (χ0) is 9.54. The lowest BCUT2D eigenvalue weighted by Crippen LogP contribution is -2.18. The number of aromatic nitrogens is 2. The Kier molecular flexibility index (Phi) is 1.39. The van der Waals surface area contributed by atoms with Crippen molar-refractivity contribution in [2.24, 2.45) is 0 Å². The Bertz CT molecular complexity index is 468. The number of H-pyrrole nitrogens is 1. The van der Waals surface area contributed by atoms with Gasteiger partial charge in [-0.3, -0.25) is 9.89 Å². The van der Waals surface area contributed by atoms with Gasteiger partial charge in [0, 0.05) is 12.0 Å². The smallest absolute Gasteiger partial charge is 0.225 e. The molecule has 4 nitrogen and oxygen atoms in total. The van der Waals surface area contributed by atoms with Gasteiger partial charge in [0.05, 0.1) is 5.69 Å². The van der Waals surface area contributed by atoms with Crippen molar-refractivity contribution in [1.29, 1.82) is 0 Å². The Balaban J connectivity index is 2.04. The Morgan fingerprint density at radius 2 is 2.21 bits per heavy atom. The van der Waals surface area contributed by atoms with E-state index in [1.165, 1.54) is 0 Å². The number of hydrogen-bond acceptors (Lipinski definition) is 2. The van der Waals surface area contributed by atoms with Crippen LogP contribution in [0.2, 0.25) is 0 Å². The minimum absolute atomic E-state index is 0.0497. The maximum atomic E-state index is 11.1. The number of nitrogens with zero attached hydrogens (tertiary/aromatic N) is 1. The van der Waals surface area contributed by atoms with Crippen molar-refractivity contribution in [2.45, 2.75) is 12.8 Å². The molecule has 0 saturated carbocycles. The van der Waals surface area contributed by atoms with E-state index in [-0.39, 0.29) is 5.91 Å².